The zero-order valence-corrected chi connectivity index (χ0v) is 19.6. The minimum absolute atomic E-state index is 0.0960. The second-order valence-electron chi connectivity index (χ2n) is 8.36. The van der Waals surface area contributed by atoms with Crippen molar-refractivity contribution >= 4 is 34.8 Å². The third-order valence-corrected chi connectivity index (χ3v) is 6.47. The number of anilines is 2. The summed E-state index contributed by atoms with van der Waals surface area (Å²) >= 11 is 6.05. The quantitative estimate of drug-likeness (QED) is 0.438. The molecule has 4 nitrogen and oxygen atoms in total. The summed E-state index contributed by atoms with van der Waals surface area (Å²) in [5.74, 6) is -0.721. The van der Waals surface area contributed by atoms with E-state index in [9.17, 15) is 14.0 Å². The van der Waals surface area contributed by atoms with Crippen LogP contribution in [-0.2, 0) is 11.2 Å². The van der Waals surface area contributed by atoms with Crippen LogP contribution in [-0.4, -0.2) is 17.9 Å². The van der Waals surface area contributed by atoms with Gasteiger partial charge in [-0.3, -0.25) is 9.59 Å². The molecule has 0 aromatic heterocycles. The standard InChI is InChI=1S/C27H26ClFN2O2/c1-4-19-9-10-20(16-24(19)29)27(33)30-17(2)15-26(23-7-5-6-8-25(23)30)31(18(3)32)22-13-11-21(28)12-14-22/h5-14,16-17,26H,4,15H2,1-3H3/t17-,26+/m0/s1. The Bertz CT molecular complexity index is 1190. The highest BCUT2D eigenvalue weighted by Crippen LogP contribution is 2.42. The predicted molar refractivity (Wildman–Crippen MR) is 130 cm³/mol. The molecule has 0 unspecified atom stereocenters. The van der Waals surface area contributed by atoms with Crippen molar-refractivity contribution < 1.29 is 14.0 Å². The van der Waals surface area contributed by atoms with Crippen molar-refractivity contribution in [3.63, 3.8) is 0 Å². The summed E-state index contributed by atoms with van der Waals surface area (Å²) in [6, 6.07) is 19.0. The molecular weight excluding hydrogens is 439 g/mol. The molecule has 0 saturated heterocycles. The maximum Gasteiger partial charge on any atom is 0.258 e. The lowest BCUT2D eigenvalue weighted by Crippen LogP contribution is -2.47. The lowest BCUT2D eigenvalue weighted by molar-refractivity contribution is -0.117. The van der Waals surface area contributed by atoms with Gasteiger partial charge in [0, 0.05) is 34.9 Å². The number of benzene rings is 3. The molecule has 0 bridgehead atoms. The monoisotopic (exact) mass is 464 g/mol. The molecule has 3 aromatic rings. The lowest BCUT2D eigenvalue weighted by Gasteiger charge is -2.43. The smallest absolute Gasteiger partial charge is 0.258 e. The van der Waals surface area contributed by atoms with Crippen LogP contribution in [0.25, 0.3) is 0 Å². The van der Waals surface area contributed by atoms with Gasteiger partial charge in [-0.05, 0) is 73.4 Å². The number of amides is 2. The van der Waals surface area contributed by atoms with E-state index in [4.69, 9.17) is 11.6 Å². The van der Waals surface area contributed by atoms with Gasteiger partial charge in [0.05, 0.1) is 6.04 Å². The van der Waals surface area contributed by atoms with Gasteiger partial charge in [0.25, 0.3) is 5.91 Å². The molecule has 0 N–H and O–H groups in total. The number of carbonyl (C=O) groups is 2. The number of fused-ring (bicyclic) bond motifs is 1. The summed E-state index contributed by atoms with van der Waals surface area (Å²) in [5.41, 5.74) is 3.24. The molecule has 6 heteroatoms. The minimum atomic E-state index is -0.371. The molecule has 0 saturated carbocycles. The van der Waals surface area contributed by atoms with Crippen LogP contribution in [0, 0.1) is 5.82 Å². The normalized spacial score (nSPS) is 17.4. The highest BCUT2D eigenvalue weighted by molar-refractivity contribution is 6.30. The summed E-state index contributed by atoms with van der Waals surface area (Å²) in [5, 5.41) is 0.595. The Morgan fingerprint density at radius 2 is 1.79 bits per heavy atom. The highest BCUT2D eigenvalue weighted by atomic mass is 35.5. The van der Waals surface area contributed by atoms with E-state index in [0.717, 1.165) is 16.9 Å². The fraction of sp³-hybridized carbons (Fsp3) is 0.259. The van der Waals surface area contributed by atoms with Crippen molar-refractivity contribution in [3.05, 3.63) is 94.3 Å². The molecule has 0 fully saturated rings. The Kier molecular flexibility index (Phi) is 6.52. The summed E-state index contributed by atoms with van der Waals surface area (Å²) in [7, 11) is 0. The maximum absolute atomic E-state index is 14.4. The number of hydrogen-bond acceptors (Lipinski definition) is 2. The van der Waals surface area contributed by atoms with Gasteiger partial charge in [0.15, 0.2) is 0 Å². The van der Waals surface area contributed by atoms with E-state index in [0.29, 0.717) is 29.0 Å². The molecule has 170 valence electrons. The fourth-order valence-electron chi connectivity index (χ4n) is 4.62. The third kappa shape index (κ3) is 4.38. The molecule has 2 amide bonds. The second kappa shape index (κ2) is 9.36. The van der Waals surface area contributed by atoms with Crippen molar-refractivity contribution in [2.45, 2.75) is 45.7 Å². The summed E-state index contributed by atoms with van der Waals surface area (Å²) in [6.07, 6.45) is 1.11. The van der Waals surface area contributed by atoms with E-state index in [1.807, 2.05) is 50.2 Å². The Morgan fingerprint density at radius 1 is 1.09 bits per heavy atom. The van der Waals surface area contributed by atoms with Gasteiger partial charge in [-0.25, -0.2) is 4.39 Å². The van der Waals surface area contributed by atoms with Crippen molar-refractivity contribution in [1.82, 2.24) is 0 Å². The summed E-state index contributed by atoms with van der Waals surface area (Å²) in [4.78, 5) is 29.7. The van der Waals surface area contributed by atoms with Crippen LogP contribution in [0.1, 0.15) is 54.7 Å². The van der Waals surface area contributed by atoms with E-state index >= 15 is 0 Å². The largest absolute Gasteiger partial charge is 0.305 e. The Hall–Kier alpha value is -3.18. The second-order valence-corrected chi connectivity index (χ2v) is 8.80. The highest BCUT2D eigenvalue weighted by Gasteiger charge is 2.38. The molecule has 4 rings (SSSR count). The van der Waals surface area contributed by atoms with Crippen molar-refractivity contribution in [2.75, 3.05) is 9.80 Å². The van der Waals surface area contributed by atoms with E-state index < -0.39 is 0 Å². The van der Waals surface area contributed by atoms with E-state index in [-0.39, 0.29) is 29.7 Å². The molecule has 1 aliphatic rings. The maximum atomic E-state index is 14.4. The van der Waals surface area contributed by atoms with E-state index in [1.54, 1.807) is 34.1 Å². The first-order valence-electron chi connectivity index (χ1n) is 11.1. The topological polar surface area (TPSA) is 40.6 Å². The van der Waals surface area contributed by atoms with Gasteiger partial charge in [0.1, 0.15) is 5.82 Å². The molecule has 33 heavy (non-hydrogen) atoms. The molecule has 3 aromatic carbocycles. The molecular formula is C27H26ClFN2O2. The van der Waals surface area contributed by atoms with E-state index in [1.165, 1.54) is 13.0 Å². The number of nitrogens with zero attached hydrogens (tertiary/aromatic N) is 2. The zero-order chi connectivity index (χ0) is 23.7. The average molecular weight is 465 g/mol. The van der Waals surface area contributed by atoms with Crippen LogP contribution in [0.5, 0.6) is 0 Å². The number of hydrogen-bond donors (Lipinski definition) is 0. The first-order chi connectivity index (χ1) is 15.8. The number of rotatable bonds is 4. The SMILES string of the molecule is CCc1ccc(C(=O)N2c3ccccc3[C@H](N(C(C)=O)c3ccc(Cl)cc3)C[C@@H]2C)cc1F. The lowest BCUT2D eigenvalue weighted by atomic mass is 9.89. The Morgan fingerprint density at radius 3 is 2.42 bits per heavy atom. The first kappa shape index (κ1) is 23.0. The number of halogens is 2. The van der Waals surface area contributed by atoms with Crippen LogP contribution in [0.2, 0.25) is 5.02 Å². The van der Waals surface area contributed by atoms with Crippen molar-refractivity contribution in [2.24, 2.45) is 0 Å². The first-order valence-corrected chi connectivity index (χ1v) is 11.5. The minimum Gasteiger partial charge on any atom is -0.305 e. The molecule has 1 aliphatic heterocycles. The van der Waals surface area contributed by atoms with Crippen LogP contribution in [0.15, 0.2) is 66.7 Å². The molecule has 0 aliphatic carbocycles. The van der Waals surface area contributed by atoms with Crippen LogP contribution < -0.4 is 9.80 Å². The van der Waals surface area contributed by atoms with Gasteiger partial charge in [-0.1, -0.05) is 42.8 Å². The van der Waals surface area contributed by atoms with Gasteiger partial charge >= 0.3 is 0 Å². The van der Waals surface area contributed by atoms with Gasteiger partial charge < -0.3 is 9.80 Å². The third-order valence-electron chi connectivity index (χ3n) is 6.22. The van der Waals surface area contributed by atoms with Gasteiger partial charge in [-0.2, -0.15) is 0 Å². The number of carbonyl (C=O) groups excluding carboxylic acids is 2. The van der Waals surface area contributed by atoms with Gasteiger partial charge in [-0.15, -0.1) is 0 Å². The number of aryl methyl sites for hydroxylation is 1. The van der Waals surface area contributed by atoms with Crippen LogP contribution in [0.4, 0.5) is 15.8 Å². The predicted octanol–water partition coefficient (Wildman–Crippen LogP) is 6.57. The average Bonchev–Trinajstić information content (AvgIpc) is 2.80. The fourth-order valence-corrected chi connectivity index (χ4v) is 4.75. The van der Waals surface area contributed by atoms with Crippen molar-refractivity contribution in [3.8, 4) is 0 Å². The Labute approximate surface area is 198 Å². The van der Waals surface area contributed by atoms with Crippen molar-refractivity contribution in [1.29, 1.82) is 0 Å². The zero-order valence-electron chi connectivity index (χ0n) is 18.9. The molecule has 2 atom stereocenters. The molecule has 0 spiro atoms. The summed E-state index contributed by atoms with van der Waals surface area (Å²) < 4.78 is 14.4. The van der Waals surface area contributed by atoms with Crippen LogP contribution in [0.3, 0.4) is 0 Å². The molecule has 1 heterocycles. The number of para-hydroxylation sites is 1. The van der Waals surface area contributed by atoms with E-state index in [2.05, 4.69) is 0 Å². The summed E-state index contributed by atoms with van der Waals surface area (Å²) in [6.45, 7) is 5.37. The van der Waals surface area contributed by atoms with Gasteiger partial charge in [0.2, 0.25) is 5.91 Å². The molecule has 0 radical (unpaired) electrons. The van der Waals surface area contributed by atoms with Crippen LogP contribution >= 0.6 is 11.6 Å². The Balaban J connectivity index is 1.76.